The molecule has 20 heavy (non-hydrogen) atoms. The number of nitrogens with zero attached hydrogens (tertiary/aromatic N) is 3. The Labute approximate surface area is 120 Å². The maximum absolute atomic E-state index is 5.94. The highest BCUT2D eigenvalue weighted by atomic mass is 15.3. The summed E-state index contributed by atoms with van der Waals surface area (Å²) < 4.78 is 0. The molecule has 0 radical (unpaired) electrons. The van der Waals surface area contributed by atoms with Crippen LogP contribution in [0, 0.1) is 0 Å². The molecule has 106 valence electrons. The molecular formula is C16H22N4. The maximum atomic E-state index is 5.94. The first-order chi connectivity index (χ1) is 9.78. The SMILES string of the molecule is CN1CCN(Cc2cccc3cccnc23)C(CN)C1. The van der Waals surface area contributed by atoms with Crippen LogP contribution in [0.1, 0.15) is 5.56 Å². The minimum atomic E-state index is 0.438. The lowest BCUT2D eigenvalue weighted by molar-refractivity contribution is 0.0884. The smallest absolute Gasteiger partial charge is 0.0746 e. The van der Waals surface area contributed by atoms with Gasteiger partial charge in [0.05, 0.1) is 5.52 Å². The van der Waals surface area contributed by atoms with Crippen molar-refractivity contribution >= 4 is 10.9 Å². The summed E-state index contributed by atoms with van der Waals surface area (Å²) in [5, 5.41) is 1.21. The van der Waals surface area contributed by atoms with Crippen LogP contribution in [-0.2, 0) is 6.54 Å². The minimum absolute atomic E-state index is 0.438. The van der Waals surface area contributed by atoms with Gasteiger partial charge in [-0.1, -0.05) is 24.3 Å². The molecule has 2 N–H and O–H groups in total. The van der Waals surface area contributed by atoms with Crippen molar-refractivity contribution in [1.82, 2.24) is 14.8 Å². The van der Waals surface area contributed by atoms with Gasteiger partial charge in [-0.3, -0.25) is 9.88 Å². The Bertz CT molecular complexity index is 578. The summed E-state index contributed by atoms with van der Waals surface area (Å²) in [4.78, 5) is 9.39. The van der Waals surface area contributed by atoms with Crippen LogP contribution in [-0.4, -0.2) is 54.1 Å². The highest BCUT2D eigenvalue weighted by Gasteiger charge is 2.24. The van der Waals surface area contributed by atoms with E-state index in [1.165, 1.54) is 10.9 Å². The molecule has 1 fully saturated rings. The average Bonchev–Trinajstić information content (AvgIpc) is 2.49. The predicted octanol–water partition coefficient (Wildman–Crippen LogP) is 1.31. The quantitative estimate of drug-likeness (QED) is 0.913. The molecule has 0 aliphatic carbocycles. The zero-order valence-corrected chi connectivity index (χ0v) is 12.0. The van der Waals surface area contributed by atoms with Crippen LogP contribution in [0.2, 0.25) is 0 Å². The molecule has 0 bridgehead atoms. The van der Waals surface area contributed by atoms with Gasteiger partial charge in [0.2, 0.25) is 0 Å². The summed E-state index contributed by atoms with van der Waals surface area (Å²) in [7, 11) is 2.17. The topological polar surface area (TPSA) is 45.4 Å². The molecule has 2 aromatic rings. The number of pyridine rings is 1. The van der Waals surface area contributed by atoms with Crippen LogP contribution < -0.4 is 5.73 Å². The Hall–Kier alpha value is -1.49. The van der Waals surface area contributed by atoms with Crippen molar-refractivity contribution in [1.29, 1.82) is 0 Å². The first kappa shape index (κ1) is 13.5. The fourth-order valence-electron chi connectivity index (χ4n) is 2.99. The molecule has 4 heteroatoms. The lowest BCUT2D eigenvalue weighted by atomic mass is 10.1. The van der Waals surface area contributed by atoms with Crippen molar-refractivity contribution in [3.63, 3.8) is 0 Å². The number of piperazine rings is 1. The molecule has 0 amide bonds. The van der Waals surface area contributed by atoms with Crippen molar-refractivity contribution in [3.8, 4) is 0 Å². The van der Waals surface area contributed by atoms with Gasteiger partial charge in [-0.15, -0.1) is 0 Å². The number of nitrogens with two attached hydrogens (primary N) is 1. The van der Waals surface area contributed by atoms with Gasteiger partial charge in [0, 0.05) is 50.3 Å². The second-order valence-corrected chi connectivity index (χ2v) is 5.61. The Morgan fingerprint density at radius 2 is 2.10 bits per heavy atom. The maximum Gasteiger partial charge on any atom is 0.0746 e. The van der Waals surface area contributed by atoms with Gasteiger partial charge < -0.3 is 10.6 Å². The predicted molar refractivity (Wildman–Crippen MR) is 82.5 cm³/mol. The molecule has 1 aromatic carbocycles. The van der Waals surface area contributed by atoms with Gasteiger partial charge in [0.15, 0.2) is 0 Å². The van der Waals surface area contributed by atoms with Crippen LogP contribution >= 0.6 is 0 Å². The number of para-hydroxylation sites is 1. The molecular weight excluding hydrogens is 248 g/mol. The molecule has 1 unspecified atom stereocenters. The highest BCUT2D eigenvalue weighted by Crippen LogP contribution is 2.19. The molecule has 1 aliphatic rings. The van der Waals surface area contributed by atoms with E-state index in [4.69, 9.17) is 5.73 Å². The number of aromatic nitrogens is 1. The molecule has 1 aliphatic heterocycles. The third-order valence-electron chi connectivity index (χ3n) is 4.17. The van der Waals surface area contributed by atoms with E-state index < -0.39 is 0 Å². The van der Waals surface area contributed by atoms with E-state index in [9.17, 15) is 0 Å². The van der Waals surface area contributed by atoms with Crippen molar-refractivity contribution in [2.75, 3.05) is 33.2 Å². The normalized spacial score (nSPS) is 21.4. The second kappa shape index (κ2) is 5.87. The van der Waals surface area contributed by atoms with E-state index in [1.807, 2.05) is 12.3 Å². The summed E-state index contributed by atoms with van der Waals surface area (Å²) in [5.41, 5.74) is 8.35. The van der Waals surface area contributed by atoms with E-state index >= 15 is 0 Å². The molecule has 1 saturated heterocycles. The van der Waals surface area contributed by atoms with Crippen LogP contribution in [0.25, 0.3) is 10.9 Å². The summed E-state index contributed by atoms with van der Waals surface area (Å²) in [6.07, 6.45) is 1.87. The highest BCUT2D eigenvalue weighted by molar-refractivity contribution is 5.81. The lowest BCUT2D eigenvalue weighted by Crippen LogP contribution is -2.54. The van der Waals surface area contributed by atoms with Gasteiger partial charge in [0.25, 0.3) is 0 Å². The van der Waals surface area contributed by atoms with E-state index in [-0.39, 0.29) is 0 Å². The third-order valence-corrected chi connectivity index (χ3v) is 4.17. The Morgan fingerprint density at radius 3 is 2.95 bits per heavy atom. The van der Waals surface area contributed by atoms with E-state index in [1.54, 1.807) is 0 Å². The molecule has 2 heterocycles. The first-order valence-corrected chi connectivity index (χ1v) is 7.23. The summed E-state index contributed by atoms with van der Waals surface area (Å²) in [5.74, 6) is 0. The molecule has 4 nitrogen and oxygen atoms in total. The Balaban J connectivity index is 1.85. The first-order valence-electron chi connectivity index (χ1n) is 7.23. The number of fused-ring (bicyclic) bond motifs is 1. The van der Waals surface area contributed by atoms with Gasteiger partial charge >= 0.3 is 0 Å². The molecule has 1 atom stereocenters. The largest absolute Gasteiger partial charge is 0.329 e. The third kappa shape index (κ3) is 2.68. The van der Waals surface area contributed by atoms with Crippen molar-refractivity contribution in [2.24, 2.45) is 5.73 Å². The second-order valence-electron chi connectivity index (χ2n) is 5.61. The number of hydrogen-bond acceptors (Lipinski definition) is 4. The lowest BCUT2D eigenvalue weighted by Gasteiger charge is -2.39. The summed E-state index contributed by atoms with van der Waals surface area (Å²) in [6.45, 7) is 4.87. The van der Waals surface area contributed by atoms with Gasteiger partial charge in [-0.25, -0.2) is 0 Å². The Kier molecular flexibility index (Phi) is 3.96. The monoisotopic (exact) mass is 270 g/mol. The van der Waals surface area contributed by atoms with Crippen molar-refractivity contribution < 1.29 is 0 Å². The molecule has 0 spiro atoms. The van der Waals surface area contributed by atoms with E-state index in [0.29, 0.717) is 12.6 Å². The fraction of sp³-hybridized carbons (Fsp3) is 0.438. The molecule has 3 rings (SSSR count). The van der Waals surface area contributed by atoms with Crippen LogP contribution in [0.15, 0.2) is 36.5 Å². The number of rotatable bonds is 3. The Morgan fingerprint density at radius 1 is 1.25 bits per heavy atom. The average molecular weight is 270 g/mol. The summed E-state index contributed by atoms with van der Waals surface area (Å²) in [6, 6.07) is 11.0. The van der Waals surface area contributed by atoms with Gasteiger partial charge in [0.1, 0.15) is 0 Å². The van der Waals surface area contributed by atoms with Gasteiger partial charge in [-0.2, -0.15) is 0 Å². The van der Waals surface area contributed by atoms with Crippen LogP contribution in [0.3, 0.4) is 0 Å². The summed E-state index contributed by atoms with van der Waals surface area (Å²) >= 11 is 0. The van der Waals surface area contributed by atoms with Crippen LogP contribution in [0.5, 0.6) is 0 Å². The zero-order chi connectivity index (χ0) is 13.9. The van der Waals surface area contributed by atoms with E-state index in [2.05, 4.69) is 46.1 Å². The van der Waals surface area contributed by atoms with Gasteiger partial charge in [-0.05, 0) is 18.7 Å². The van der Waals surface area contributed by atoms with Crippen molar-refractivity contribution in [2.45, 2.75) is 12.6 Å². The zero-order valence-electron chi connectivity index (χ0n) is 12.0. The molecule has 0 saturated carbocycles. The minimum Gasteiger partial charge on any atom is -0.329 e. The fourth-order valence-corrected chi connectivity index (χ4v) is 2.99. The van der Waals surface area contributed by atoms with Crippen molar-refractivity contribution in [3.05, 3.63) is 42.1 Å². The molecule has 1 aromatic heterocycles. The van der Waals surface area contributed by atoms with E-state index in [0.717, 1.165) is 31.7 Å². The standard InChI is InChI=1S/C16H22N4/c1-19-8-9-20(15(10-17)12-19)11-14-5-2-4-13-6-3-7-18-16(13)14/h2-7,15H,8-12,17H2,1H3. The number of benzene rings is 1. The number of hydrogen-bond donors (Lipinski definition) is 1. The number of likely N-dealkylation sites (N-methyl/N-ethyl adjacent to an activating group) is 1. The van der Waals surface area contributed by atoms with Crippen LogP contribution in [0.4, 0.5) is 0 Å².